The molecule has 0 spiro atoms. The van der Waals surface area contributed by atoms with Gasteiger partial charge in [-0.25, -0.2) is 4.79 Å². The fourth-order valence-electron chi connectivity index (χ4n) is 0. The van der Waals surface area contributed by atoms with Crippen LogP contribution in [0.1, 0.15) is 0 Å². The molecule has 0 aliphatic heterocycles. The molecule has 1 radical (unpaired) electrons. The van der Waals surface area contributed by atoms with E-state index in [2.05, 4.69) is 0 Å². The van der Waals surface area contributed by atoms with Gasteiger partial charge in [0.2, 0.25) is 0 Å². The molecule has 0 aromatic heterocycles. The minimum Gasteiger partial charge on any atom is -0.450 e. The molecule has 0 aliphatic rings. The summed E-state index contributed by atoms with van der Waals surface area (Å²) in [7, 11) is -4.67. The monoisotopic (exact) mass is 379 g/mol. The normalized spacial score (nSPS) is 5.86. The first-order chi connectivity index (χ1) is 3.73. The van der Waals surface area contributed by atoms with Crippen molar-refractivity contribution < 1.29 is 91.6 Å². The van der Waals surface area contributed by atoms with Gasteiger partial charge in [0, 0.05) is 53.6 Å². The van der Waals surface area contributed by atoms with Crippen LogP contribution < -0.4 is 0 Å². The van der Waals surface area contributed by atoms with Crippen molar-refractivity contribution in [2.45, 2.75) is 0 Å². The molecule has 0 aromatic carbocycles. The Morgan fingerprint density at radius 3 is 1.07 bits per heavy atom. The predicted octanol–water partition coefficient (Wildman–Crippen LogP) is -2.18. The SMILES string of the molecule is O.O=C(O)O.O=S(=O)(O)O.[Fe].[MgH2].[Mn].[Zn]. The summed E-state index contributed by atoms with van der Waals surface area (Å²) in [6.07, 6.45) is -1.83. The van der Waals surface area contributed by atoms with Crippen molar-refractivity contribution in [3.05, 3.63) is 0 Å². The Balaban J connectivity index is -0.0000000104. The Bertz CT molecular complexity index is 172. The predicted molar refractivity (Wildman–Crippen MR) is 37.0 cm³/mol. The molecule has 14 heavy (non-hydrogen) atoms. The molecule has 0 rings (SSSR count). The number of carbonyl (C=O) groups is 1. The van der Waals surface area contributed by atoms with Crippen LogP contribution in [0.25, 0.3) is 0 Å². The van der Waals surface area contributed by atoms with E-state index in [1.165, 1.54) is 0 Å². The van der Waals surface area contributed by atoms with Crippen LogP contribution in [0.2, 0.25) is 0 Å². The largest absolute Gasteiger partial charge is 0.503 e. The Kier molecular flexibility index (Phi) is 77.2. The van der Waals surface area contributed by atoms with Crippen molar-refractivity contribution in [1.82, 2.24) is 0 Å². The van der Waals surface area contributed by atoms with Crippen LogP contribution in [-0.4, -0.2) is 62.4 Å². The minimum atomic E-state index is -4.67. The maximum atomic E-state index is 8.74. The Morgan fingerprint density at radius 2 is 1.07 bits per heavy atom. The van der Waals surface area contributed by atoms with E-state index in [-0.39, 0.29) is 82.1 Å². The van der Waals surface area contributed by atoms with Crippen molar-refractivity contribution in [2.24, 2.45) is 0 Å². The molecule has 0 aliphatic carbocycles. The standard InChI is InChI=1S/CH2O3.Fe.Mg.Mn.H2O4S.H2O.Zn.2H/c2-1(3)4;;;;1-5(2,3)4;;;;/h(H2,2,3,4);;;;(H2,1,2,3,4);1H2;;;. The summed E-state index contributed by atoms with van der Waals surface area (Å²) >= 11 is 0. The molecule has 0 unspecified atom stereocenters. The fraction of sp³-hybridized carbons (Fsp3) is 0. The molecule has 13 heteroatoms. The molecule has 0 saturated heterocycles. The van der Waals surface area contributed by atoms with Crippen LogP contribution in [0.15, 0.2) is 0 Å². The third kappa shape index (κ3) is 909. The van der Waals surface area contributed by atoms with Crippen LogP contribution in [-0.2, 0) is 64.0 Å². The number of hydrogen-bond donors (Lipinski definition) is 4. The topological polar surface area (TPSA) is 164 Å². The Morgan fingerprint density at radius 1 is 1.07 bits per heavy atom. The minimum absolute atomic E-state index is 0. The molecule has 85 valence electrons. The smallest absolute Gasteiger partial charge is 0.450 e. The fourth-order valence-corrected chi connectivity index (χ4v) is 0. The zero-order chi connectivity index (χ0) is 8.08. The van der Waals surface area contributed by atoms with Gasteiger partial charge in [0.15, 0.2) is 0 Å². The van der Waals surface area contributed by atoms with Crippen LogP contribution in [0.4, 0.5) is 4.79 Å². The summed E-state index contributed by atoms with van der Waals surface area (Å²) in [5.74, 6) is 0. The summed E-state index contributed by atoms with van der Waals surface area (Å²) in [5.41, 5.74) is 0. The van der Waals surface area contributed by atoms with Crippen molar-refractivity contribution in [3.8, 4) is 0 Å². The van der Waals surface area contributed by atoms with E-state index in [9.17, 15) is 0 Å². The van der Waals surface area contributed by atoms with E-state index in [0.717, 1.165) is 0 Å². The number of rotatable bonds is 0. The summed E-state index contributed by atoms with van der Waals surface area (Å²) in [5, 5.41) is 13.9. The van der Waals surface area contributed by atoms with E-state index < -0.39 is 16.6 Å². The van der Waals surface area contributed by atoms with Gasteiger partial charge in [0.1, 0.15) is 0 Å². The maximum Gasteiger partial charge on any atom is 0.503 e. The molecule has 0 fully saturated rings. The van der Waals surface area contributed by atoms with E-state index >= 15 is 0 Å². The van der Waals surface area contributed by atoms with Crippen molar-refractivity contribution >= 4 is 39.6 Å². The first-order valence-electron chi connectivity index (χ1n) is 1.35. The first-order valence-corrected chi connectivity index (χ1v) is 2.75. The third-order valence-electron chi connectivity index (χ3n) is 0. The molecule has 6 N–H and O–H groups in total. The van der Waals surface area contributed by atoms with Gasteiger partial charge in [-0.15, -0.1) is 0 Å². The molecule has 0 saturated carbocycles. The van der Waals surface area contributed by atoms with E-state index in [0.29, 0.717) is 0 Å². The molecular weight excluding hydrogens is 373 g/mol. The van der Waals surface area contributed by atoms with E-state index in [1.54, 1.807) is 0 Å². The molecule has 0 aromatic rings. The second-order valence-electron chi connectivity index (χ2n) is 0.730. The molecular formula is CH8FeMgMnO8SZn. The van der Waals surface area contributed by atoms with Gasteiger partial charge in [0.25, 0.3) is 0 Å². The van der Waals surface area contributed by atoms with Crippen molar-refractivity contribution in [2.75, 3.05) is 0 Å². The van der Waals surface area contributed by atoms with Crippen LogP contribution in [0, 0.1) is 0 Å². The van der Waals surface area contributed by atoms with E-state index in [1.807, 2.05) is 0 Å². The number of hydrogen-bond acceptors (Lipinski definition) is 3. The zero-order valence-electron chi connectivity index (χ0n) is 5.86. The summed E-state index contributed by atoms with van der Waals surface area (Å²) < 4.78 is 31.6. The van der Waals surface area contributed by atoms with Gasteiger partial charge in [-0.3, -0.25) is 9.11 Å². The van der Waals surface area contributed by atoms with Crippen LogP contribution >= 0.6 is 0 Å². The van der Waals surface area contributed by atoms with Gasteiger partial charge in [-0.05, 0) is 0 Å². The second-order valence-corrected chi connectivity index (χ2v) is 1.63. The summed E-state index contributed by atoms with van der Waals surface area (Å²) in [4.78, 5) is 8.56. The second kappa shape index (κ2) is 24.0. The first kappa shape index (κ1) is 45.1. The van der Waals surface area contributed by atoms with Crippen LogP contribution in [0.5, 0.6) is 0 Å². The van der Waals surface area contributed by atoms with Gasteiger partial charge >= 0.3 is 39.6 Å². The van der Waals surface area contributed by atoms with Crippen molar-refractivity contribution in [1.29, 1.82) is 0 Å². The Labute approximate surface area is 130 Å². The van der Waals surface area contributed by atoms with Crippen LogP contribution in [0.3, 0.4) is 0 Å². The van der Waals surface area contributed by atoms with Gasteiger partial charge < -0.3 is 15.7 Å². The van der Waals surface area contributed by atoms with Gasteiger partial charge in [0.05, 0.1) is 0 Å². The number of carboxylic acid groups (broad SMARTS) is 2. The summed E-state index contributed by atoms with van der Waals surface area (Å²) in [6, 6.07) is 0. The Hall–Kier alpha value is 1.53. The average molecular weight is 381 g/mol. The molecule has 0 atom stereocenters. The zero-order valence-corrected chi connectivity index (χ0v) is 11.9. The molecule has 0 amide bonds. The van der Waals surface area contributed by atoms with Gasteiger partial charge in [-0.1, -0.05) is 0 Å². The average Bonchev–Trinajstić information content (AvgIpc) is 1.19. The van der Waals surface area contributed by atoms with E-state index in [4.69, 9.17) is 32.5 Å². The maximum absolute atomic E-state index is 8.74. The molecule has 0 heterocycles. The summed E-state index contributed by atoms with van der Waals surface area (Å²) in [6.45, 7) is 0. The van der Waals surface area contributed by atoms with Gasteiger partial charge in [-0.2, -0.15) is 8.42 Å². The molecule has 0 bridgehead atoms. The quantitative estimate of drug-likeness (QED) is 0.274. The molecule has 8 nitrogen and oxygen atoms in total. The van der Waals surface area contributed by atoms with Crippen molar-refractivity contribution in [3.63, 3.8) is 0 Å². The third-order valence-corrected chi connectivity index (χ3v) is 0.